The van der Waals surface area contributed by atoms with E-state index in [2.05, 4.69) is 4.98 Å². The molecule has 3 heterocycles. The topological polar surface area (TPSA) is 83.6 Å². The molecule has 1 aliphatic rings. The van der Waals surface area contributed by atoms with Gasteiger partial charge in [-0.15, -0.1) is 0 Å². The highest BCUT2D eigenvalue weighted by Gasteiger charge is 2.31. The Kier molecular flexibility index (Phi) is 3.17. The molecule has 3 aromatic rings. The molecule has 0 amide bonds. The van der Waals surface area contributed by atoms with Crippen LogP contribution in [0.4, 0.5) is 5.82 Å². The molecule has 0 aliphatic carbocycles. The summed E-state index contributed by atoms with van der Waals surface area (Å²) in [6, 6.07) is 10.4. The van der Waals surface area contributed by atoms with Crippen molar-refractivity contribution in [2.45, 2.75) is 25.7 Å². The highest BCUT2D eigenvalue weighted by molar-refractivity contribution is 5.93. The molecule has 4 rings (SSSR count). The molecule has 1 N–H and O–H groups in total. The molecule has 0 spiro atoms. The number of hydrogen-bond acceptors (Lipinski definition) is 5. The zero-order valence-corrected chi connectivity index (χ0v) is 13.8. The predicted octanol–water partition coefficient (Wildman–Crippen LogP) is 3.22. The lowest BCUT2D eigenvalue weighted by Gasteiger charge is -2.22. The van der Waals surface area contributed by atoms with E-state index >= 15 is 0 Å². The SMILES string of the molecule is [2H]C([2H])([2H])c1ccccc1-c1cc(=O)oc2nc(N3CCC[C@H]3C(=O)O)ccc12. The number of nitrogens with zero attached hydrogens (tertiary/aromatic N) is 2. The zero-order valence-electron chi connectivity index (χ0n) is 16.8. The van der Waals surface area contributed by atoms with E-state index in [9.17, 15) is 14.7 Å². The maximum Gasteiger partial charge on any atom is 0.338 e. The second-order valence-corrected chi connectivity index (χ2v) is 6.24. The van der Waals surface area contributed by atoms with Gasteiger partial charge in [-0.3, -0.25) is 0 Å². The average molecular weight is 353 g/mol. The lowest BCUT2D eigenvalue weighted by Crippen LogP contribution is -2.36. The molecule has 0 saturated carbocycles. The molecular weight excluding hydrogens is 332 g/mol. The molecule has 132 valence electrons. The van der Waals surface area contributed by atoms with Crippen LogP contribution in [0.2, 0.25) is 0 Å². The van der Waals surface area contributed by atoms with E-state index < -0.39 is 24.5 Å². The predicted molar refractivity (Wildman–Crippen MR) is 98.5 cm³/mol. The molecule has 0 radical (unpaired) electrons. The van der Waals surface area contributed by atoms with Crippen molar-refractivity contribution in [3.05, 3.63) is 58.4 Å². The van der Waals surface area contributed by atoms with Crippen LogP contribution in [-0.4, -0.2) is 28.6 Å². The van der Waals surface area contributed by atoms with Crippen molar-refractivity contribution in [1.29, 1.82) is 0 Å². The lowest BCUT2D eigenvalue weighted by molar-refractivity contribution is -0.138. The van der Waals surface area contributed by atoms with Crippen molar-refractivity contribution < 1.29 is 18.4 Å². The van der Waals surface area contributed by atoms with Gasteiger partial charge in [-0.05, 0) is 43.0 Å². The smallest absolute Gasteiger partial charge is 0.338 e. The van der Waals surface area contributed by atoms with Crippen LogP contribution >= 0.6 is 0 Å². The van der Waals surface area contributed by atoms with E-state index in [-0.39, 0.29) is 11.3 Å². The van der Waals surface area contributed by atoms with Crippen molar-refractivity contribution in [3.63, 3.8) is 0 Å². The Morgan fingerprint density at radius 1 is 1.31 bits per heavy atom. The number of carboxylic acid groups (broad SMARTS) is 1. The summed E-state index contributed by atoms with van der Waals surface area (Å²) in [4.78, 5) is 29.7. The summed E-state index contributed by atoms with van der Waals surface area (Å²) >= 11 is 0. The summed E-state index contributed by atoms with van der Waals surface area (Å²) in [6.45, 7) is -1.81. The van der Waals surface area contributed by atoms with Gasteiger partial charge >= 0.3 is 11.6 Å². The fraction of sp³-hybridized carbons (Fsp3) is 0.250. The zero-order chi connectivity index (χ0) is 20.8. The number of aryl methyl sites for hydroxylation is 1. The van der Waals surface area contributed by atoms with Crippen LogP contribution < -0.4 is 10.5 Å². The first-order valence-electron chi connectivity index (χ1n) is 9.80. The van der Waals surface area contributed by atoms with Gasteiger partial charge in [-0.1, -0.05) is 24.3 Å². The number of fused-ring (bicyclic) bond motifs is 1. The van der Waals surface area contributed by atoms with Gasteiger partial charge in [0, 0.05) is 27.7 Å². The van der Waals surface area contributed by atoms with Crippen LogP contribution in [0.1, 0.15) is 22.5 Å². The van der Waals surface area contributed by atoms with Crippen LogP contribution in [0.5, 0.6) is 0 Å². The standard InChI is InChI=1S/C20H18N2O4/c1-12-5-2-3-6-13(12)15-11-18(23)26-19-14(15)8-9-17(21-19)22-10-4-7-16(22)20(24)25/h2-3,5-6,8-9,11,16H,4,7,10H2,1H3,(H,24,25)/t16-/m0/s1/i1D3. The van der Waals surface area contributed by atoms with Gasteiger partial charge in [-0.25, -0.2) is 9.59 Å². The first-order chi connectivity index (χ1) is 13.8. The molecule has 26 heavy (non-hydrogen) atoms. The molecule has 1 fully saturated rings. The van der Waals surface area contributed by atoms with E-state index in [1.807, 2.05) is 0 Å². The summed E-state index contributed by atoms with van der Waals surface area (Å²) in [5.74, 6) is -0.516. The lowest BCUT2D eigenvalue weighted by atomic mass is 9.99. The molecule has 2 aromatic heterocycles. The van der Waals surface area contributed by atoms with Gasteiger partial charge in [0.1, 0.15) is 11.9 Å². The van der Waals surface area contributed by atoms with Gasteiger partial charge in [-0.2, -0.15) is 4.98 Å². The first-order valence-corrected chi connectivity index (χ1v) is 8.30. The minimum Gasteiger partial charge on any atom is -0.480 e. The average Bonchev–Trinajstić information content (AvgIpc) is 3.16. The largest absolute Gasteiger partial charge is 0.480 e. The Morgan fingerprint density at radius 2 is 2.15 bits per heavy atom. The van der Waals surface area contributed by atoms with Gasteiger partial charge < -0.3 is 14.4 Å². The summed E-state index contributed by atoms with van der Waals surface area (Å²) in [7, 11) is 0. The van der Waals surface area contributed by atoms with E-state index in [0.717, 1.165) is 6.42 Å². The van der Waals surface area contributed by atoms with Crippen molar-refractivity contribution in [2.24, 2.45) is 0 Å². The second-order valence-electron chi connectivity index (χ2n) is 6.24. The first kappa shape index (κ1) is 13.1. The van der Waals surface area contributed by atoms with E-state index in [0.29, 0.717) is 35.3 Å². The molecule has 0 bridgehead atoms. The Balaban J connectivity index is 1.89. The Hall–Kier alpha value is -3.15. The van der Waals surface area contributed by atoms with E-state index in [4.69, 9.17) is 8.53 Å². The van der Waals surface area contributed by atoms with E-state index in [1.165, 1.54) is 12.1 Å². The third-order valence-electron chi connectivity index (χ3n) is 4.64. The van der Waals surface area contributed by atoms with Crippen LogP contribution in [0.25, 0.3) is 22.2 Å². The van der Waals surface area contributed by atoms with Crippen molar-refractivity contribution in [2.75, 3.05) is 11.4 Å². The minimum absolute atomic E-state index is 0.0429. The van der Waals surface area contributed by atoms with E-state index in [1.54, 1.807) is 35.2 Å². The Morgan fingerprint density at radius 3 is 2.96 bits per heavy atom. The van der Waals surface area contributed by atoms with Crippen LogP contribution in [0.3, 0.4) is 0 Å². The summed E-state index contributed by atoms with van der Waals surface area (Å²) < 4.78 is 28.6. The number of aromatic nitrogens is 1. The third-order valence-corrected chi connectivity index (χ3v) is 4.64. The quantitative estimate of drug-likeness (QED) is 0.778. The van der Waals surface area contributed by atoms with Crippen LogP contribution in [0, 0.1) is 6.85 Å². The highest BCUT2D eigenvalue weighted by Crippen LogP contribution is 2.31. The molecule has 6 heteroatoms. The van der Waals surface area contributed by atoms with Gasteiger partial charge in [0.05, 0.1) is 0 Å². The number of carboxylic acids is 1. The normalized spacial score (nSPS) is 19.2. The van der Waals surface area contributed by atoms with Crippen molar-refractivity contribution in [3.8, 4) is 11.1 Å². The molecular formula is C20H18N2O4. The number of benzene rings is 1. The van der Waals surface area contributed by atoms with Crippen molar-refractivity contribution in [1.82, 2.24) is 4.98 Å². The fourth-order valence-electron chi connectivity index (χ4n) is 3.43. The number of aliphatic carboxylic acids is 1. The third kappa shape index (κ3) is 2.73. The maximum absolute atomic E-state index is 12.2. The highest BCUT2D eigenvalue weighted by atomic mass is 16.4. The van der Waals surface area contributed by atoms with Crippen LogP contribution in [0.15, 0.2) is 51.7 Å². The molecule has 1 aliphatic heterocycles. The van der Waals surface area contributed by atoms with Gasteiger partial charge in [0.2, 0.25) is 5.71 Å². The molecule has 1 aromatic carbocycles. The van der Waals surface area contributed by atoms with Crippen LogP contribution in [-0.2, 0) is 4.79 Å². The maximum atomic E-state index is 12.2. The van der Waals surface area contributed by atoms with Crippen molar-refractivity contribution >= 4 is 22.9 Å². The molecule has 1 atom stereocenters. The Labute approximate surface area is 153 Å². The summed E-state index contributed by atoms with van der Waals surface area (Å²) in [5.41, 5.74) is 0.333. The number of anilines is 1. The number of hydrogen-bond donors (Lipinski definition) is 1. The molecule has 0 unspecified atom stereocenters. The summed E-state index contributed by atoms with van der Waals surface area (Å²) in [6.07, 6.45) is 1.25. The van der Waals surface area contributed by atoms with Gasteiger partial charge in [0.15, 0.2) is 0 Å². The monoisotopic (exact) mass is 353 g/mol. The van der Waals surface area contributed by atoms with Gasteiger partial charge in [0.25, 0.3) is 0 Å². The number of pyridine rings is 1. The number of rotatable bonds is 3. The molecule has 1 saturated heterocycles. The minimum atomic E-state index is -2.35. The fourth-order valence-corrected chi connectivity index (χ4v) is 3.43. The molecule has 6 nitrogen and oxygen atoms in total. The Bertz CT molecular complexity index is 1160. The second kappa shape index (κ2) is 6.29. The number of carbonyl (C=O) groups is 1. The summed E-state index contributed by atoms with van der Waals surface area (Å²) in [5, 5.41) is 9.89.